The summed E-state index contributed by atoms with van der Waals surface area (Å²) in [6.45, 7) is 2.14. The molecule has 2 nitrogen and oxygen atoms in total. The van der Waals surface area contributed by atoms with E-state index in [4.69, 9.17) is 11.1 Å². The molecule has 0 bridgehead atoms. The van der Waals surface area contributed by atoms with Gasteiger partial charge in [0.25, 0.3) is 0 Å². The zero-order chi connectivity index (χ0) is 13.8. The quantitative estimate of drug-likeness (QED) is 0.637. The third kappa shape index (κ3) is 3.16. The van der Waals surface area contributed by atoms with Crippen molar-refractivity contribution in [1.82, 2.24) is 0 Å². The maximum absolute atomic E-state index is 7.21. The van der Waals surface area contributed by atoms with Crippen LogP contribution in [0.4, 0.5) is 5.69 Å². The molecular formula is C16H19BrN2. The lowest BCUT2D eigenvalue weighted by Crippen LogP contribution is -2.02. The fourth-order valence-electron chi connectivity index (χ4n) is 2.52. The zero-order valence-corrected chi connectivity index (χ0v) is 12.8. The van der Waals surface area contributed by atoms with E-state index in [0.29, 0.717) is 0 Å². The third-order valence-corrected chi connectivity index (χ3v) is 4.09. The molecule has 0 fully saturated rings. The predicted octanol–water partition coefficient (Wildman–Crippen LogP) is 4.17. The summed E-state index contributed by atoms with van der Waals surface area (Å²) >= 11 is 3.36. The summed E-state index contributed by atoms with van der Waals surface area (Å²) in [5, 5.41) is 7.21. The molecule has 1 aliphatic carbocycles. The SMILES string of the molecule is CCc1ccc2c(c1N)CCC(/C=C(/Br)C=N)=CC2. The van der Waals surface area contributed by atoms with Gasteiger partial charge in [-0.2, -0.15) is 0 Å². The minimum absolute atomic E-state index is 0.812. The first-order valence-corrected chi connectivity index (χ1v) is 7.40. The molecule has 0 atom stereocenters. The van der Waals surface area contributed by atoms with E-state index in [1.807, 2.05) is 6.08 Å². The number of allylic oxidation sites excluding steroid dienone is 4. The Morgan fingerprint density at radius 2 is 2.21 bits per heavy atom. The second kappa shape index (κ2) is 6.20. The molecule has 0 radical (unpaired) electrons. The van der Waals surface area contributed by atoms with E-state index >= 15 is 0 Å². The van der Waals surface area contributed by atoms with Crippen LogP contribution < -0.4 is 5.73 Å². The lowest BCUT2D eigenvalue weighted by Gasteiger charge is -2.12. The first-order chi connectivity index (χ1) is 9.15. The molecule has 1 aliphatic rings. The molecule has 0 aliphatic heterocycles. The molecule has 1 aromatic rings. The number of nitrogens with two attached hydrogens (primary N) is 1. The molecule has 0 aromatic heterocycles. The van der Waals surface area contributed by atoms with Crippen LogP contribution in [-0.4, -0.2) is 6.21 Å². The van der Waals surface area contributed by atoms with Gasteiger partial charge in [-0.1, -0.05) is 30.7 Å². The van der Waals surface area contributed by atoms with Gasteiger partial charge < -0.3 is 11.1 Å². The van der Waals surface area contributed by atoms with Crippen molar-refractivity contribution in [1.29, 1.82) is 5.41 Å². The molecule has 0 amide bonds. The van der Waals surface area contributed by atoms with Crippen LogP contribution in [0.3, 0.4) is 0 Å². The smallest absolute Gasteiger partial charge is 0.0382 e. The van der Waals surface area contributed by atoms with Crippen molar-refractivity contribution in [2.45, 2.75) is 32.6 Å². The maximum Gasteiger partial charge on any atom is 0.0382 e. The Kier molecular flexibility index (Phi) is 4.59. The predicted molar refractivity (Wildman–Crippen MR) is 86.1 cm³/mol. The summed E-state index contributed by atoms with van der Waals surface area (Å²) < 4.78 is 0.812. The van der Waals surface area contributed by atoms with Crippen molar-refractivity contribution in [3.63, 3.8) is 0 Å². The molecule has 3 N–H and O–H groups in total. The molecule has 0 heterocycles. The minimum Gasteiger partial charge on any atom is -0.398 e. The largest absolute Gasteiger partial charge is 0.398 e. The highest BCUT2D eigenvalue weighted by atomic mass is 79.9. The van der Waals surface area contributed by atoms with E-state index in [9.17, 15) is 0 Å². The van der Waals surface area contributed by atoms with E-state index in [-0.39, 0.29) is 0 Å². The fraction of sp³-hybridized carbons (Fsp3) is 0.312. The Labute approximate surface area is 123 Å². The summed E-state index contributed by atoms with van der Waals surface area (Å²) in [7, 11) is 0. The van der Waals surface area contributed by atoms with Gasteiger partial charge in [0, 0.05) is 16.4 Å². The van der Waals surface area contributed by atoms with E-state index < -0.39 is 0 Å². The van der Waals surface area contributed by atoms with Crippen LogP contribution in [0.1, 0.15) is 30.0 Å². The number of fused-ring (bicyclic) bond motifs is 1. The number of benzene rings is 1. The highest BCUT2D eigenvalue weighted by Gasteiger charge is 2.13. The number of anilines is 1. The lowest BCUT2D eigenvalue weighted by atomic mass is 9.96. The highest BCUT2D eigenvalue weighted by molar-refractivity contribution is 9.12. The van der Waals surface area contributed by atoms with Gasteiger partial charge in [-0.3, -0.25) is 0 Å². The zero-order valence-electron chi connectivity index (χ0n) is 11.2. The average Bonchev–Trinajstić information content (AvgIpc) is 2.62. The summed E-state index contributed by atoms with van der Waals surface area (Å²) in [5.74, 6) is 0. The third-order valence-electron chi connectivity index (χ3n) is 3.63. The Morgan fingerprint density at radius 3 is 2.89 bits per heavy atom. The number of hydrogen-bond donors (Lipinski definition) is 2. The Morgan fingerprint density at radius 1 is 1.42 bits per heavy atom. The van der Waals surface area contributed by atoms with Crippen molar-refractivity contribution in [3.05, 3.63) is 51.0 Å². The summed E-state index contributed by atoms with van der Waals surface area (Å²) in [4.78, 5) is 0. The summed E-state index contributed by atoms with van der Waals surface area (Å²) in [6.07, 6.45) is 9.45. The van der Waals surface area contributed by atoms with Crippen molar-refractivity contribution >= 4 is 27.8 Å². The number of halogens is 1. The van der Waals surface area contributed by atoms with Crippen LogP contribution in [0, 0.1) is 5.41 Å². The molecule has 3 heteroatoms. The van der Waals surface area contributed by atoms with Gasteiger partial charge in [-0.25, -0.2) is 0 Å². The van der Waals surface area contributed by atoms with Crippen LogP contribution in [0.2, 0.25) is 0 Å². The van der Waals surface area contributed by atoms with Crippen molar-refractivity contribution in [2.24, 2.45) is 0 Å². The Balaban J connectivity index is 2.29. The van der Waals surface area contributed by atoms with Gasteiger partial charge >= 0.3 is 0 Å². The van der Waals surface area contributed by atoms with Gasteiger partial charge in [0.15, 0.2) is 0 Å². The van der Waals surface area contributed by atoms with Gasteiger partial charge in [-0.15, -0.1) is 0 Å². The first-order valence-electron chi connectivity index (χ1n) is 6.61. The molecule has 0 spiro atoms. The van der Waals surface area contributed by atoms with Gasteiger partial charge in [0.2, 0.25) is 0 Å². The number of rotatable bonds is 3. The number of aryl methyl sites for hydroxylation is 1. The lowest BCUT2D eigenvalue weighted by molar-refractivity contribution is 0.966. The molecule has 0 saturated heterocycles. The minimum atomic E-state index is 0.812. The first kappa shape index (κ1) is 14.1. The molecule has 0 unspecified atom stereocenters. The topological polar surface area (TPSA) is 49.9 Å². The molecule has 100 valence electrons. The molecule has 1 aromatic carbocycles. The van der Waals surface area contributed by atoms with Crippen molar-refractivity contribution in [3.8, 4) is 0 Å². The van der Waals surface area contributed by atoms with Crippen LogP contribution in [0.5, 0.6) is 0 Å². The maximum atomic E-state index is 7.21. The van der Waals surface area contributed by atoms with Crippen LogP contribution >= 0.6 is 15.9 Å². The standard InChI is InChI=1S/C16H19BrN2/c1-2-12-6-7-13-5-3-11(9-14(17)10-18)4-8-15(13)16(12)19/h3,6-7,9-10,18H,2,4-5,8,19H2,1H3/b14-9+,18-10?. The second-order valence-corrected chi connectivity index (χ2v) is 5.70. The highest BCUT2D eigenvalue weighted by Crippen LogP contribution is 2.29. The van der Waals surface area contributed by atoms with E-state index in [1.54, 1.807) is 0 Å². The van der Waals surface area contributed by atoms with Crippen LogP contribution in [0.15, 0.2) is 34.3 Å². The van der Waals surface area contributed by atoms with Crippen LogP contribution in [0.25, 0.3) is 0 Å². The van der Waals surface area contributed by atoms with E-state index in [2.05, 4.69) is 41.1 Å². The van der Waals surface area contributed by atoms with E-state index in [0.717, 1.165) is 35.9 Å². The summed E-state index contributed by atoms with van der Waals surface area (Å²) in [5.41, 5.74) is 12.4. The fourth-order valence-corrected chi connectivity index (χ4v) is 2.81. The molecule has 2 rings (SSSR count). The van der Waals surface area contributed by atoms with Crippen molar-refractivity contribution < 1.29 is 0 Å². The molecular weight excluding hydrogens is 300 g/mol. The number of hydrogen-bond acceptors (Lipinski definition) is 2. The van der Waals surface area contributed by atoms with Crippen LogP contribution in [-0.2, 0) is 19.3 Å². The number of nitrogens with one attached hydrogen (secondary N) is 1. The molecule has 19 heavy (non-hydrogen) atoms. The van der Waals surface area contributed by atoms with Gasteiger partial charge in [0.1, 0.15) is 0 Å². The normalized spacial score (nSPS) is 15.5. The Bertz CT molecular complexity index is 556. The Hall–Kier alpha value is -1.35. The van der Waals surface area contributed by atoms with Gasteiger partial charge in [-0.05, 0) is 64.4 Å². The monoisotopic (exact) mass is 318 g/mol. The van der Waals surface area contributed by atoms with E-state index in [1.165, 1.54) is 28.5 Å². The molecule has 0 saturated carbocycles. The average molecular weight is 319 g/mol. The second-order valence-electron chi connectivity index (χ2n) is 4.79. The number of nitrogen functional groups attached to an aromatic ring is 1. The van der Waals surface area contributed by atoms with Crippen molar-refractivity contribution in [2.75, 3.05) is 5.73 Å². The summed E-state index contributed by atoms with van der Waals surface area (Å²) in [6, 6.07) is 4.36. The van der Waals surface area contributed by atoms with Gasteiger partial charge in [0.05, 0.1) is 0 Å².